The van der Waals surface area contributed by atoms with Crippen molar-refractivity contribution >= 4 is 10.8 Å². The molecular weight excluding hydrogens is 236 g/mol. The van der Waals surface area contributed by atoms with Crippen molar-refractivity contribution in [1.29, 1.82) is 0 Å². The highest BCUT2D eigenvalue weighted by molar-refractivity contribution is 5.83. The van der Waals surface area contributed by atoms with Crippen LogP contribution in [0.1, 0.15) is 37.4 Å². The molecule has 0 bridgehead atoms. The molecule has 2 unspecified atom stereocenters. The van der Waals surface area contributed by atoms with E-state index in [-0.39, 0.29) is 6.10 Å². The lowest BCUT2D eigenvalue weighted by atomic mass is 9.99. The summed E-state index contributed by atoms with van der Waals surface area (Å²) < 4.78 is 5.60. The summed E-state index contributed by atoms with van der Waals surface area (Å²) in [6.07, 6.45) is 4.02. The molecule has 1 heterocycles. The Kier molecular flexibility index (Phi) is 3.81. The molecule has 2 nitrogen and oxygen atoms in total. The molecule has 0 saturated carbocycles. The summed E-state index contributed by atoms with van der Waals surface area (Å²) in [5, 5.41) is 12.7. The average molecular weight is 256 g/mol. The van der Waals surface area contributed by atoms with Crippen LogP contribution in [0.4, 0.5) is 0 Å². The van der Waals surface area contributed by atoms with E-state index >= 15 is 0 Å². The van der Waals surface area contributed by atoms with Gasteiger partial charge in [-0.25, -0.2) is 0 Å². The quantitative estimate of drug-likeness (QED) is 0.900. The molecule has 0 aromatic heterocycles. The molecule has 0 radical (unpaired) electrons. The number of rotatable bonds is 4. The summed E-state index contributed by atoms with van der Waals surface area (Å²) in [5.41, 5.74) is 1.01. The third kappa shape index (κ3) is 2.96. The van der Waals surface area contributed by atoms with Gasteiger partial charge in [-0.15, -0.1) is 0 Å². The van der Waals surface area contributed by atoms with Crippen LogP contribution in [0.2, 0.25) is 0 Å². The zero-order valence-electron chi connectivity index (χ0n) is 11.1. The van der Waals surface area contributed by atoms with Crippen LogP contribution in [-0.2, 0) is 4.74 Å². The van der Waals surface area contributed by atoms with Gasteiger partial charge in [-0.05, 0) is 48.1 Å². The van der Waals surface area contributed by atoms with E-state index in [0.717, 1.165) is 37.9 Å². The Bertz CT molecular complexity index is 544. The molecule has 1 N–H and O–H groups in total. The molecule has 19 heavy (non-hydrogen) atoms. The lowest BCUT2D eigenvalue weighted by Crippen LogP contribution is -2.07. The van der Waals surface area contributed by atoms with Crippen molar-refractivity contribution in [3.8, 4) is 0 Å². The lowest BCUT2D eigenvalue weighted by Gasteiger charge is -2.14. The normalized spacial score (nSPS) is 20.8. The predicted molar refractivity (Wildman–Crippen MR) is 77.1 cm³/mol. The number of ether oxygens (including phenoxy) is 1. The van der Waals surface area contributed by atoms with Gasteiger partial charge < -0.3 is 9.84 Å². The van der Waals surface area contributed by atoms with Gasteiger partial charge in [-0.1, -0.05) is 36.4 Å². The first-order valence-electron chi connectivity index (χ1n) is 7.11. The maximum Gasteiger partial charge on any atom is 0.0791 e. The van der Waals surface area contributed by atoms with Crippen molar-refractivity contribution in [3.63, 3.8) is 0 Å². The second-order valence-corrected chi connectivity index (χ2v) is 5.33. The van der Waals surface area contributed by atoms with Crippen LogP contribution in [0.25, 0.3) is 10.8 Å². The molecular formula is C17H20O2. The molecule has 2 aromatic carbocycles. The number of aliphatic hydroxyl groups is 1. The predicted octanol–water partition coefficient (Wildman–Crippen LogP) is 3.83. The molecule has 100 valence electrons. The van der Waals surface area contributed by atoms with Crippen LogP contribution < -0.4 is 0 Å². The number of fused-ring (bicyclic) bond motifs is 1. The van der Waals surface area contributed by atoms with Crippen molar-refractivity contribution in [1.82, 2.24) is 0 Å². The van der Waals surface area contributed by atoms with Gasteiger partial charge in [0.25, 0.3) is 0 Å². The highest BCUT2D eigenvalue weighted by Gasteiger charge is 2.17. The Morgan fingerprint density at radius 3 is 2.79 bits per heavy atom. The molecule has 1 aliphatic heterocycles. The fourth-order valence-electron chi connectivity index (χ4n) is 2.80. The van der Waals surface area contributed by atoms with Crippen molar-refractivity contribution in [2.45, 2.75) is 37.9 Å². The van der Waals surface area contributed by atoms with E-state index in [2.05, 4.69) is 24.3 Å². The number of hydrogen-bond donors (Lipinski definition) is 1. The van der Waals surface area contributed by atoms with Gasteiger partial charge in [-0.2, -0.15) is 0 Å². The first-order valence-corrected chi connectivity index (χ1v) is 7.11. The maximum absolute atomic E-state index is 10.3. The minimum absolute atomic E-state index is 0.357. The van der Waals surface area contributed by atoms with Gasteiger partial charge in [0.05, 0.1) is 12.2 Å². The third-order valence-corrected chi connectivity index (χ3v) is 3.94. The molecule has 0 amide bonds. The Labute approximate surface area is 114 Å². The SMILES string of the molecule is OC(CCC1CCCO1)c1ccc2ccccc2c1. The standard InChI is InChI=1S/C17H20O2/c18-17(10-9-16-6-3-11-19-16)15-8-7-13-4-1-2-5-14(13)12-15/h1-2,4-5,7-8,12,16-18H,3,6,9-11H2. The van der Waals surface area contributed by atoms with Crippen LogP contribution in [0.3, 0.4) is 0 Å². The number of hydrogen-bond acceptors (Lipinski definition) is 2. The Balaban J connectivity index is 1.68. The third-order valence-electron chi connectivity index (χ3n) is 3.94. The Morgan fingerprint density at radius 2 is 2.00 bits per heavy atom. The van der Waals surface area contributed by atoms with E-state index in [4.69, 9.17) is 4.74 Å². The first kappa shape index (κ1) is 12.6. The summed E-state index contributed by atoms with van der Waals surface area (Å²) in [6, 6.07) is 14.5. The van der Waals surface area contributed by atoms with Crippen LogP contribution in [0, 0.1) is 0 Å². The maximum atomic E-state index is 10.3. The van der Waals surface area contributed by atoms with Crippen molar-refractivity contribution in [2.24, 2.45) is 0 Å². The van der Waals surface area contributed by atoms with Crippen molar-refractivity contribution in [2.75, 3.05) is 6.61 Å². The molecule has 2 atom stereocenters. The van der Waals surface area contributed by atoms with Crippen molar-refractivity contribution in [3.05, 3.63) is 48.0 Å². The van der Waals surface area contributed by atoms with Gasteiger partial charge in [0.2, 0.25) is 0 Å². The van der Waals surface area contributed by atoms with E-state index in [1.54, 1.807) is 0 Å². The average Bonchev–Trinajstić information content (AvgIpc) is 2.97. The summed E-state index contributed by atoms with van der Waals surface area (Å²) >= 11 is 0. The van der Waals surface area contributed by atoms with E-state index in [1.807, 2.05) is 18.2 Å². The minimum atomic E-state index is -0.381. The molecule has 2 aromatic rings. The lowest BCUT2D eigenvalue weighted by molar-refractivity contribution is 0.0812. The monoisotopic (exact) mass is 256 g/mol. The molecule has 2 heteroatoms. The fraction of sp³-hybridized carbons (Fsp3) is 0.412. The highest BCUT2D eigenvalue weighted by Crippen LogP contribution is 2.26. The molecule has 0 aliphatic carbocycles. The van der Waals surface area contributed by atoms with Gasteiger partial charge in [-0.3, -0.25) is 0 Å². The van der Waals surface area contributed by atoms with E-state index in [1.165, 1.54) is 10.8 Å². The van der Waals surface area contributed by atoms with Crippen LogP contribution in [0.15, 0.2) is 42.5 Å². The van der Waals surface area contributed by atoms with Gasteiger partial charge >= 0.3 is 0 Å². The Hall–Kier alpha value is -1.38. The van der Waals surface area contributed by atoms with E-state index < -0.39 is 0 Å². The van der Waals surface area contributed by atoms with Crippen molar-refractivity contribution < 1.29 is 9.84 Å². The largest absolute Gasteiger partial charge is 0.388 e. The fourth-order valence-corrected chi connectivity index (χ4v) is 2.80. The topological polar surface area (TPSA) is 29.5 Å². The van der Waals surface area contributed by atoms with Crippen LogP contribution in [0.5, 0.6) is 0 Å². The van der Waals surface area contributed by atoms with Crippen LogP contribution in [-0.4, -0.2) is 17.8 Å². The summed E-state index contributed by atoms with van der Waals surface area (Å²) in [4.78, 5) is 0. The van der Waals surface area contributed by atoms with E-state index in [9.17, 15) is 5.11 Å². The van der Waals surface area contributed by atoms with Gasteiger partial charge in [0.1, 0.15) is 0 Å². The second-order valence-electron chi connectivity index (χ2n) is 5.33. The zero-order valence-corrected chi connectivity index (χ0v) is 11.1. The molecule has 3 rings (SSSR count). The zero-order chi connectivity index (χ0) is 13.1. The number of benzene rings is 2. The summed E-state index contributed by atoms with van der Waals surface area (Å²) in [5.74, 6) is 0. The highest BCUT2D eigenvalue weighted by atomic mass is 16.5. The molecule has 1 saturated heterocycles. The Morgan fingerprint density at radius 1 is 1.16 bits per heavy atom. The second kappa shape index (κ2) is 5.72. The summed E-state index contributed by atoms with van der Waals surface area (Å²) in [7, 11) is 0. The van der Waals surface area contributed by atoms with Gasteiger partial charge in [0, 0.05) is 6.61 Å². The minimum Gasteiger partial charge on any atom is -0.388 e. The van der Waals surface area contributed by atoms with Gasteiger partial charge in [0.15, 0.2) is 0 Å². The molecule has 0 spiro atoms. The smallest absolute Gasteiger partial charge is 0.0791 e. The first-order chi connectivity index (χ1) is 9.33. The van der Waals surface area contributed by atoms with Crippen LogP contribution >= 0.6 is 0 Å². The summed E-state index contributed by atoms with van der Waals surface area (Å²) in [6.45, 7) is 0.886. The van der Waals surface area contributed by atoms with E-state index in [0.29, 0.717) is 6.10 Å². The molecule has 1 fully saturated rings. The molecule has 1 aliphatic rings. The number of aliphatic hydroxyl groups excluding tert-OH is 1.